The van der Waals surface area contributed by atoms with Crippen LogP contribution in [0.4, 0.5) is 0 Å². The molecule has 4 aromatic rings. The van der Waals surface area contributed by atoms with E-state index >= 15 is 0 Å². The van der Waals surface area contributed by atoms with Crippen molar-refractivity contribution in [3.63, 3.8) is 0 Å². The number of rotatable bonds is 16. The zero-order valence-electron chi connectivity index (χ0n) is 45.1. The molecule has 0 aromatic heterocycles. The van der Waals surface area contributed by atoms with Gasteiger partial charge in [0.05, 0.1) is 0 Å². The number of nitrogens with one attached hydrogen (secondary N) is 2. The Morgan fingerprint density at radius 2 is 0.949 bits per heavy atom. The lowest BCUT2D eigenvalue weighted by atomic mass is 9.92. The molecular weight excluding hydrogens is 1110 g/mol. The zero-order valence-corrected chi connectivity index (χ0v) is 47.3. The van der Waals surface area contributed by atoms with Crippen LogP contribution in [-0.4, -0.2) is 149 Å². The maximum absolute atomic E-state index is 13.2. The molecule has 3 heterocycles. The Bertz CT molecular complexity index is 2730. The van der Waals surface area contributed by atoms with Gasteiger partial charge in [0.1, 0.15) is 25.8 Å². The first-order chi connectivity index (χ1) is 37.5. The molecule has 0 spiro atoms. The standard InChI is InChI=1S/C28H30N2O6.C19H25IN2O5.C9H6O.C4H8O/c1-28(27(34)29-2,24(32)19-36-25-6-4-5-17-35-25)30(3)26(33)23-15-13-21(14-16-23)8-7-20-9-11-22(18-31)12-10-20;1-19(18(25)21-2,15(23)12-27-16-6-4-5-11-26-16)22(3)17(24)13-7-9-14(20)10-8-13;1-2-8-3-5-9(7-10)6-4-8;1-2-4-5-3-1/h9-16,18,25H,4-6,17,19H2,1-3H3,(H,29,34);7-10,16H,4-6,11-12H2,1-3H3,(H,21,25);1,3-7H;1-4H2/t25?,28-;16?,19-;;/m11../s1. The number of ether oxygens (including phenoxy) is 5. The number of ketones is 2. The Balaban J connectivity index is 0.000000270. The van der Waals surface area contributed by atoms with E-state index in [1.807, 2.05) is 0 Å². The molecule has 18 heteroatoms. The van der Waals surface area contributed by atoms with Crippen LogP contribution in [0.15, 0.2) is 97.1 Å². The molecule has 2 N–H and O–H groups in total. The monoisotopic (exact) mass is 1180 g/mol. The van der Waals surface area contributed by atoms with E-state index in [0.29, 0.717) is 53.9 Å². The average Bonchev–Trinajstić information content (AvgIpc) is 4.13. The second-order valence-corrected chi connectivity index (χ2v) is 19.6. The van der Waals surface area contributed by atoms with Crippen molar-refractivity contribution in [3.05, 3.63) is 140 Å². The van der Waals surface area contributed by atoms with Crippen LogP contribution in [0.25, 0.3) is 0 Å². The highest BCUT2D eigenvalue weighted by molar-refractivity contribution is 14.1. The van der Waals surface area contributed by atoms with Gasteiger partial charge in [-0.3, -0.25) is 38.4 Å². The maximum atomic E-state index is 13.2. The van der Waals surface area contributed by atoms with E-state index in [4.69, 9.17) is 30.1 Å². The third kappa shape index (κ3) is 18.6. The minimum atomic E-state index is -1.77. The molecule has 78 heavy (non-hydrogen) atoms. The third-order valence-electron chi connectivity index (χ3n) is 13.1. The van der Waals surface area contributed by atoms with Gasteiger partial charge in [0.2, 0.25) is 0 Å². The molecule has 3 saturated heterocycles. The summed E-state index contributed by atoms with van der Waals surface area (Å²) in [4.78, 5) is 101. The lowest BCUT2D eigenvalue weighted by Crippen LogP contribution is -2.62. The molecule has 3 fully saturated rings. The highest BCUT2D eigenvalue weighted by atomic mass is 127. The van der Waals surface area contributed by atoms with Gasteiger partial charge in [0.25, 0.3) is 23.6 Å². The zero-order chi connectivity index (χ0) is 57.1. The van der Waals surface area contributed by atoms with Crippen molar-refractivity contribution in [3.8, 4) is 24.2 Å². The van der Waals surface area contributed by atoms with Gasteiger partial charge in [0, 0.05) is 97.1 Å². The van der Waals surface area contributed by atoms with Gasteiger partial charge in [-0.2, -0.15) is 0 Å². The number of hydrogen-bond donors (Lipinski definition) is 2. The molecule has 0 radical (unpaired) electrons. The molecule has 3 aliphatic rings. The van der Waals surface area contributed by atoms with Crippen molar-refractivity contribution in [2.45, 2.75) is 88.9 Å². The van der Waals surface area contributed by atoms with E-state index in [1.165, 1.54) is 59.8 Å². The molecule has 2 unspecified atom stereocenters. The minimum Gasteiger partial charge on any atom is -0.381 e. The van der Waals surface area contributed by atoms with E-state index in [1.54, 1.807) is 97.1 Å². The summed E-state index contributed by atoms with van der Waals surface area (Å²) in [6.45, 7) is 5.34. The van der Waals surface area contributed by atoms with Crippen LogP contribution in [0.3, 0.4) is 0 Å². The molecule has 0 bridgehead atoms. The van der Waals surface area contributed by atoms with Crippen molar-refractivity contribution in [2.24, 2.45) is 0 Å². The summed E-state index contributed by atoms with van der Waals surface area (Å²) >= 11 is 2.14. The first-order valence-corrected chi connectivity index (χ1v) is 26.6. The van der Waals surface area contributed by atoms with Gasteiger partial charge in [-0.1, -0.05) is 42.0 Å². The number of halogens is 1. The Labute approximate surface area is 470 Å². The fraction of sp³-hybridized carbons (Fsp3) is 0.400. The first-order valence-electron chi connectivity index (χ1n) is 25.5. The smallest absolute Gasteiger partial charge is 0.254 e. The van der Waals surface area contributed by atoms with Crippen LogP contribution in [0.5, 0.6) is 0 Å². The largest absolute Gasteiger partial charge is 0.381 e. The number of nitrogens with zero attached hydrogens (tertiary/aromatic N) is 2. The summed E-state index contributed by atoms with van der Waals surface area (Å²) in [5.74, 6) is 5.34. The van der Waals surface area contributed by atoms with Crippen LogP contribution in [0, 0.1) is 27.8 Å². The molecule has 4 amide bonds. The van der Waals surface area contributed by atoms with E-state index < -0.39 is 58.9 Å². The minimum absolute atomic E-state index is 0.304. The highest BCUT2D eigenvalue weighted by Gasteiger charge is 2.48. The summed E-state index contributed by atoms with van der Waals surface area (Å²) in [5, 5.41) is 4.96. The van der Waals surface area contributed by atoms with Gasteiger partial charge in [-0.25, -0.2) is 0 Å². The third-order valence-corrected chi connectivity index (χ3v) is 13.8. The second kappa shape index (κ2) is 32.7. The quantitative estimate of drug-likeness (QED) is 0.0510. The van der Waals surface area contributed by atoms with Crippen LogP contribution in [-0.2, 0) is 42.9 Å². The predicted octanol–water partition coefficient (Wildman–Crippen LogP) is 6.85. The molecule has 17 nitrogen and oxygen atoms in total. The lowest BCUT2D eigenvalue weighted by molar-refractivity contribution is -0.174. The van der Waals surface area contributed by atoms with Gasteiger partial charge in [-0.15, -0.1) is 6.42 Å². The normalized spacial score (nSPS) is 16.8. The summed E-state index contributed by atoms with van der Waals surface area (Å²) < 4.78 is 28.0. The molecule has 4 atom stereocenters. The number of likely N-dealkylation sites (N-methyl/N-ethyl adjacent to an activating group) is 4. The SMILES string of the molecule is C#Cc1ccc(C=O)cc1.C1CCOC1.CNC(=O)[C@@](C)(C(=O)COC1CCCCO1)N(C)C(=O)c1ccc(C#Cc2ccc(C=O)cc2)cc1.CNC(=O)[C@@](C)(C(=O)COC1CCCCO1)N(C)C(=O)c1ccc(I)cc1. The van der Waals surface area contributed by atoms with Crippen molar-refractivity contribution in [2.75, 3.05) is 67.8 Å². The molecular formula is C60H69IN4O13. The predicted molar refractivity (Wildman–Crippen MR) is 301 cm³/mol. The molecule has 0 aliphatic carbocycles. The van der Waals surface area contributed by atoms with Crippen molar-refractivity contribution in [1.29, 1.82) is 0 Å². The summed E-state index contributed by atoms with van der Waals surface area (Å²) in [5.41, 5.74) is 0.695. The van der Waals surface area contributed by atoms with E-state index in [2.05, 4.69) is 51.0 Å². The number of amides is 4. The number of carbonyl (C=O) groups excluding carboxylic acids is 8. The summed E-state index contributed by atoms with van der Waals surface area (Å²) in [7, 11) is 5.72. The lowest BCUT2D eigenvalue weighted by Gasteiger charge is -2.36. The molecule has 4 aromatic carbocycles. The van der Waals surface area contributed by atoms with Crippen LogP contribution < -0.4 is 10.6 Å². The summed E-state index contributed by atoms with van der Waals surface area (Å²) in [6, 6.07) is 27.3. The van der Waals surface area contributed by atoms with Crippen molar-refractivity contribution >= 4 is 70.4 Å². The Morgan fingerprint density at radius 3 is 1.27 bits per heavy atom. The van der Waals surface area contributed by atoms with Crippen LogP contribution in [0.2, 0.25) is 0 Å². The number of carbonyl (C=O) groups is 8. The first kappa shape index (κ1) is 63.6. The van der Waals surface area contributed by atoms with E-state index in [9.17, 15) is 38.4 Å². The van der Waals surface area contributed by atoms with Crippen molar-refractivity contribution in [1.82, 2.24) is 20.4 Å². The number of aldehydes is 2. The van der Waals surface area contributed by atoms with Gasteiger partial charge >= 0.3 is 0 Å². The Kier molecular flexibility index (Phi) is 26.7. The van der Waals surface area contributed by atoms with Crippen LogP contribution in [0.1, 0.15) is 123 Å². The second-order valence-electron chi connectivity index (χ2n) is 18.4. The Morgan fingerprint density at radius 1 is 0.590 bits per heavy atom. The van der Waals surface area contributed by atoms with E-state index in [0.717, 1.165) is 71.1 Å². The van der Waals surface area contributed by atoms with E-state index in [-0.39, 0.29) is 13.2 Å². The molecule has 0 saturated carbocycles. The van der Waals surface area contributed by atoms with Gasteiger partial charge in [-0.05, 0) is 161 Å². The Hall–Kier alpha value is -6.91. The summed E-state index contributed by atoms with van der Waals surface area (Å²) in [6.07, 6.45) is 13.5. The number of terminal acetylenes is 1. The van der Waals surface area contributed by atoms with Crippen molar-refractivity contribution < 1.29 is 62.0 Å². The number of benzene rings is 4. The fourth-order valence-electron chi connectivity index (χ4n) is 7.76. The molecule has 3 aliphatic heterocycles. The average molecular weight is 1180 g/mol. The van der Waals surface area contributed by atoms with Gasteiger partial charge in [0.15, 0.2) is 35.2 Å². The van der Waals surface area contributed by atoms with Crippen LogP contribution >= 0.6 is 22.6 Å². The number of Topliss-reactive ketones (excluding diaryl/α,β-unsaturated/α-hetero) is 2. The highest BCUT2D eigenvalue weighted by Crippen LogP contribution is 2.23. The topological polar surface area (TPSA) is 213 Å². The number of hydrogen-bond acceptors (Lipinski definition) is 13. The molecule has 414 valence electrons. The maximum Gasteiger partial charge on any atom is 0.254 e. The fourth-order valence-corrected chi connectivity index (χ4v) is 8.12. The van der Waals surface area contributed by atoms with Gasteiger partial charge < -0.3 is 44.1 Å². The molecule has 7 rings (SSSR count).